The predicted molar refractivity (Wildman–Crippen MR) is 81.7 cm³/mol. The number of nitrogens with zero attached hydrogens (tertiary/aromatic N) is 2. The number of benzene rings is 1. The van der Waals surface area contributed by atoms with E-state index in [0.717, 1.165) is 42.2 Å². The van der Waals surface area contributed by atoms with E-state index in [-0.39, 0.29) is 0 Å². The van der Waals surface area contributed by atoms with Crippen LogP contribution < -0.4 is 15.8 Å². The molecule has 1 heterocycles. The molecule has 0 saturated heterocycles. The third kappa shape index (κ3) is 3.11. The number of hydrogen-bond acceptors (Lipinski definition) is 4. The molecule has 2 aromatic rings. The monoisotopic (exact) mass is 274 g/mol. The van der Waals surface area contributed by atoms with Crippen LogP contribution in [0, 0.1) is 0 Å². The summed E-state index contributed by atoms with van der Waals surface area (Å²) in [6.45, 7) is 3.69. The molecule has 0 radical (unpaired) electrons. The zero-order chi connectivity index (χ0) is 14.4. The molecule has 0 atom stereocenters. The van der Waals surface area contributed by atoms with E-state index in [9.17, 15) is 0 Å². The molecule has 0 unspecified atom stereocenters. The van der Waals surface area contributed by atoms with Crippen LogP contribution in [0.4, 0.5) is 5.69 Å². The summed E-state index contributed by atoms with van der Waals surface area (Å²) in [6.07, 6.45) is 3.73. The number of ether oxygens (including phenoxy) is 1. The first-order valence-electron chi connectivity index (χ1n) is 6.95. The number of nitrogens with one attached hydrogen (secondary N) is 1. The summed E-state index contributed by atoms with van der Waals surface area (Å²) in [6, 6.07) is 7.91. The van der Waals surface area contributed by atoms with Gasteiger partial charge in [0, 0.05) is 12.6 Å². The summed E-state index contributed by atoms with van der Waals surface area (Å²) in [4.78, 5) is 0. The maximum Gasteiger partial charge on any atom is 0.121 e. The van der Waals surface area contributed by atoms with Gasteiger partial charge in [-0.25, -0.2) is 4.68 Å². The summed E-state index contributed by atoms with van der Waals surface area (Å²) in [5, 5.41) is 7.87. The Balaban J connectivity index is 2.27. The van der Waals surface area contributed by atoms with Crippen LogP contribution in [-0.2, 0) is 6.42 Å². The van der Waals surface area contributed by atoms with Crippen LogP contribution in [0.2, 0.25) is 0 Å². The standard InChI is InChI=1S/C15H22N4O/c1-3-15-14(17-9-5-8-16)11-18-19(15)12-6-4-7-13(10-12)20-2/h4,6-7,10-11,17H,3,5,8-9,16H2,1-2H3. The average Bonchev–Trinajstić information content (AvgIpc) is 2.90. The van der Waals surface area contributed by atoms with Gasteiger partial charge in [-0.3, -0.25) is 0 Å². The van der Waals surface area contributed by atoms with Gasteiger partial charge in [0.15, 0.2) is 0 Å². The highest BCUT2D eigenvalue weighted by molar-refractivity contribution is 5.51. The van der Waals surface area contributed by atoms with Gasteiger partial charge in [-0.2, -0.15) is 5.10 Å². The second-order valence-corrected chi connectivity index (χ2v) is 4.54. The first-order valence-corrected chi connectivity index (χ1v) is 6.95. The van der Waals surface area contributed by atoms with Crippen molar-refractivity contribution < 1.29 is 4.74 Å². The van der Waals surface area contributed by atoms with Crippen molar-refractivity contribution in [3.8, 4) is 11.4 Å². The fourth-order valence-corrected chi connectivity index (χ4v) is 2.15. The summed E-state index contributed by atoms with van der Waals surface area (Å²) in [7, 11) is 1.67. The van der Waals surface area contributed by atoms with Crippen molar-refractivity contribution in [2.24, 2.45) is 5.73 Å². The third-order valence-corrected chi connectivity index (χ3v) is 3.20. The average molecular weight is 274 g/mol. The van der Waals surface area contributed by atoms with Gasteiger partial charge in [0.1, 0.15) is 5.75 Å². The molecule has 0 saturated carbocycles. The van der Waals surface area contributed by atoms with E-state index >= 15 is 0 Å². The van der Waals surface area contributed by atoms with Crippen LogP contribution in [0.25, 0.3) is 5.69 Å². The molecule has 0 fully saturated rings. The zero-order valence-corrected chi connectivity index (χ0v) is 12.1. The second kappa shape index (κ2) is 6.96. The van der Waals surface area contributed by atoms with Gasteiger partial charge in [-0.15, -0.1) is 0 Å². The van der Waals surface area contributed by atoms with Gasteiger partial charge in [0.25, 0.3) is 0 Å². The lowest BCUT2D eigenvalue weighted by molar-refractivity contribution is 0.414. The Bertz CT molecular complexity index is 551. The van der Waals surface area contributed by atoms with Gasteiger partial charge in [-0.1, -0.05) is 13.0 Å². The molecule has 3 N–H and O–H groups in total. The largest absolute Gasteiger partial charge is 0.497 e. The Morgan fingerprint density at radius 3 is 2.95 bits per heavy atom. The minimum absolute atomic E-state index is 0.693. The highest BCUT2D eigenvalue weighted by atomic mass is 16.5. The molecule has 0 aliphatic rings. The van der Waals surface area contributed by atoms with Crippen LogP contribution in [0.1, 0.15) is 19.0 Å². The quantitative estimate of drug-likeness (QED) is 0.760. The van der Waals surface area contributed by atoms with E-state index in [1.54, 1.807) is 7.11 Å². The van der Waals surface area contributed by atoms with Crippen LogP contribution in [0.5, 0.6) is 5.75 Å². The Hall–Kier alpha value is -2.01. The van der Waals surface area contributed by atoms with Crippen LogP contribution in [0.15, 0.2) is 30.5 Å². The van der Waals surface area contributed by atoms with E-state index in [4.69, 9.17) is 10.5 Å². The van der Waals surface area contributed by atoms with Crippen molar-refractivity contribution in [2.75, 3.05) is 25.5 Å². The fourth-order valence-electron chi connectivity index (χ4n) is 2.15. The molecule has 0 bridgehead atoms. The van der Waals surface area contributed by atoms with Gasteiger partial charge in [0.2, 0.25) is 0 Å². The maximum absolute atomic E-state index is 5.52. The molecule has 2 rings (SSSR count). The van der Waals surface area contributed by atoms with E-state index < -0.39 is 0 Å². The molecule has 5 heteroatoms. The molecule has 0 amide bonds. The van der Waals surface area contributed by atoms with E-state index in [0.29, 0.717) is 6.54 Å². The van der Waals surface area contributed by atoms with E-state index in [2.05, 4.69) is 17.3 Å². The number of aromatic nitrogens is 2. The molecule has 5 nitrogen and oxygen atoms in total. The lowest BCUT2D eigenvalue weighted by Gasteiger charge is -2.10. The van der Waals surface area contributed by atoms with Crippen LogP contribution >= 0.6 is 0 Å². The van der Waals surface area contributed by atoms with E-state index in [1.165, 1.54) is 0 Å². The highest BCUT2D eigenvalue weighted by Gasteiger charge is 2.10. The molecule has 20 heavy (non-hydrogen) atoms. The van der Waals surface area contributed by atoms with Crippen molar-refractivity contribution in [3.63, 3.8) is 0 Å². The molecular weight excluding hydrogens is 252 g/mol. The second-order valence-electron chi connectivity index (χ2n) is 4.54. The number of hydrogen-bond donors (Lipinski definition) is 2. The number of anilines is 1. The number of rotatable bonds is 7. The van der Waals surface area contributed by atoms with Crippen LogP contribution in [0.3, 0.4) is 0 Å². The Morgan fingerprint density at radius 2 is 2.25 bits per heavy atom. The van der Waals surface area contributed by atoms with Crippen LogP contribution in [-0.4, -0.2) is 30.0 Å². The predicted octanol–water partition coefficient (Wildman–Crippen LogP) is 2.20. The lowest BCUT2D eigenvalue weighted by atomic mass is 10.2. The van der Waals surface area contributed by atoms with E-state index in [1.807, 2.05) is 35.1 Å². The fraction of sp³-hybridized carbons (Fsp3) is 0.400. The Kier molecular flexibility index (Phi) is 5.01. The van der Waals surface area contributed by atoms with Gasteiger partial charge < -0.3 is 15.8 Å². The molecule has 1 aromatic heterocycles. The molecule has 1 aromatic carbocycles. The molecular formula is C15H22N4O. The SMILES string of the molecule is CCc1c(NCCCN)cnn1-c1cccc(OC)c1. The van der Waals surface area contributed by atoms with Gasteiger partial charge in [0.05, 0.1) is 30.4 Å². The molecule has 0 aliphatic heterocycles. The van der Waals surface area contributed by atoms with Crippen molar-refractivity contribution in [1.29, 1.82) is 0 Å². The molecule has 0 aliphatic carbocycles. The Labute approximate surface area is 119 Å². The normalized spacial score (nSPS) is 10.6. The highest BCUT2D eigenvalue weighted by Crippen LogP contribution is 2.22. The topological polar surface area (TPSA) is 65.1 Å². The number of nitrogens with two attached hydrogens (primary N) is 1. The minimum Gasteiger partial charge on any atom is -0.497 e. The third-order valence-electron chi connectivity index (χ3n) is 3.20. The summed E-state index contributed by atoms with van der Waals surface area (Å²) in [5.41, 5.74) is 8.76. The first-order chi connectivity index (χ1) is 9.80. The lowest BCUT2D eigenvalue weighted by Crippen LogP contribution is -2.10. The smallest absolute Gasteiger partial charge is 0.121 e. The summed E-state index contributed by atoms with van der Waals surface area (Å²) in [5.74, 6) is 0.831. The summed E-state index contributed by atoms with van der Waals surface area (Å²) >= 11 is 0. The molecule has 108 valence electrons. The van der Waals surface area contributed by atoms with Crippen molar-refractivity contribution >= 4 is 5.69 Å². The Morgan fingerprint density at radius 1 is 1.40 bits per heavy atom. The van der Waals surface area contributed by atoms with Crippen molar-refractivity contribution in [3.05, 3.63) is 36.2 Å². The minimum atomic E-state index is 0.693. The van der Waals surface area contributed by atoms with Gasteiger partial charge in [-0.05, 0) is 31.5 Å². The van der Waals surface area contributed by atoms with Crippen molar-refractivity contribution in [1.82, 2.24) is 9.78 Å². The maximum atomic E-state index is 5.52. The van der Waals surface area contributed by atoms with Crippen molar-refractivity contribution in [2.45, 2.75) is 19.8 Å². The summed E-state index contributed by atoms with van der Waals surface area (Å²) < 4.78 is 7.22. The first kappa shape index (κ1) is 14.4. The zero-order valence-electron chi connectivity index (χ0n) is 12.1. The molecule has 0 spiro atoms. The van der Waals surface area contributed by atoms with Gasteiger partial charge >= 0.3 is 0 Å². The number of methoxy groups -OCH3 is 1.